The number of hydrogen-bond donors (Lipinski definition) is 2. The molecule has 2 aromatic heterocycles. The largest absolute Gasteiger partial charge is 0.486 e. The third kappa shape index (κ3) is 4.47. The molecule has 0 saturated heterocycles. The van der Waals surface area contributed by atoms with E-state index in [1.807, 2.05) is 49.3 Å². The van der Waals surface area contributed by atoms with Crippen molar-refractivity contribution in [2.24, 2.45) is 0 Å². The van der Waals surface area contributed by atoms with Gasteiger partial charge in [-0.05, 0) is 31.8 Å². The Hall–Kier alpha value is -4.18. The Kier molecular flexibility index (Phi) is 5.96. The summed E-state index contributed by atoms with van der Waals surface area (Å²) in [6.07, 6.45) is 1.47. The van der Waals surface area contributed by atoms with Crippen LogP contribution >= 0.6 is 0 Å². The molecule has 0 radical (unpaired) electrons. The molecule has 0 aliphatic carbocycles. The summed E-state index contributed by atoms with van der Waals surface area (Å²) in [5, 5.41) is 7.29. The highest BCUT2D eigenvalue weighted by atomic mass is 19.1. The van der Waals surface area contributed by atoms with Crippen LogP contribution in [0.25, 0.3) is 16.8 Å². The average Bonchev–Trinajstić information content (AvgIpc) is 3.29. The monoisotopic (exact) mass is 477 g/mol. The van der Waals surface area contributed by atoms with E-state index in [1.54, 1.807) is 6.07 Å². The molecule has 0 fully saturated rings. The molecule has 35 heavy (non-hydrogen) atoms. The number of nitrogens with one attached hydrogen (secondary N) is 2. The van der Waals surface area contributed by atoms with E-state index >= 15 is 4.39 Å². The zero-order chi connectivity index (χ0) is 24.5. The Morgan fingerprint density at radius 2 is 1.97 bits per heavy atom. The van der Waals surface area contributed by atoms with Crippen LogP contribution in [0, 0.1) is 5.82 Å². The number of hydrogen-bond acceptors (Lipinski definition) is 6. The van der Waals surface area contributed by atoms with Crippen LogP contribution in [-0.2, 0) is 0 Å². The second-order valence-electron chi connectivity index (χ2n) is 8.51. The van der Waals surface area contributed by atoms with E-state index in [2.05, 4.69) is 15.4 Å². The Labute approximate surface area is 200 Å². The smallest absolute Gasteiger partial charge is 0.274 e. The van der Waals surface area contributed by atoms with Gasteiger partial charge < -0.3 is 24.7 Å². The van der Waals surface area contributed by atoms with Crippen LogP contribution < -0.4 is 20.3 Å². The second-order valence-corrected chi connectivity index (χ2v) is 8.51. The Morgan fingerprint density at radius 1 is 1.20 bits per heavy atom. The quantitative estimate of drug-likeness (QED) is 0.443. The van der Waals surface area contributed by atoms with Gasteiger partial charge in [0, 0.05) is 18.2 Å². The first-order valence-corrected chi connectivity index (χ1v) is 11.1. The lowest BCUT2D eigenvalue weighted by Crippen LogP contribution is -2.35. The lowest BCUT2D eigenvalue weighted by atomic mass is 10.1. The predicted molar refractivity (Wildman–Crippen MR) is 127 cm³/mol. The fraction of sp³-hybridized carbons (Fsp3) is 0.240. The normalized spacial score (nSPS) is 13.7. The maximum Gasteiger partial charge on any atom is 0.274 e. The summed E-state index contributed by atoms with van der Waals surface area (Å²) in [5.41, 5.74) is 1.02. The molecular weight excluding hydrogens is 453 g/mol. The number of fused-ring (bicyclic) bond motifs is 2. The van der Waals surface area contributed by atoms with Crippen molar-refractivity contribution in [1.29, 1.82) is 0 Å². The molecule has 1 aliphatic heterocycles. The molecular formula is C25H24FN5O4. The molecule has 4 aromatic rings. The van der Waals surface area contributed by atoms with Gasteiger partial charge >= 0.3 is 0 Å². The number of halogens is 1. The highest BCUT2D eigenvalue weighted by molar-refractivity contribution is 5.93. The highest BCUT2D eigenvalue weighted by Gasteiger charge is 2.23. The van der Waals surface area contributed by atoms with Crippen LogP contribution in [0.1, 0.15) is 22.1 Å². The lowest BCUT2D eigenvalue weighted by molar-refractivity contribution is 0.0924. The number of carbonyl (C=O) groups is 1. The number of benzene rings is 2. The van der Waals surface area contributed by atoms with Gasteiger partial charge in [-0.25, -0.2) is 8.91 Å². The second kappa shape index (κ2) is 9.22. The molecule has 180 valence electrons. The molecule has 1 amide bonds. The first-order valence-electron chi connectivity index (χ1n) is 11.1. The maximum absolute atomic E-state index is 15.1. The summed E-state index contributed by atoms with van der Waals surface area (Å²) in [5.74, 6) is -0.750. The highest BCUT2D eigenvalue weighted by Crippen LogP contribution is 2.37. The fourth-order valence-corrected chi connectivity index (χ4v) is 4.06. The number of ether oxygens (including phenoxy) is 2. The van der Waals surface area contributed by atoms with Crippen molar-refractivity contribution < 1.29 is 18.7 Å². The van der Waals surface area contributed by atoms with E-state index in [0.717, 1.165) is 5.56 Å². The first kappa shape index (κ1) is 22.6. The van der Waals surface area contributed by atoms with Crippen molar-refractivity contribution in [3.63, 3.8) is 0 Å². The molecule has 0 saturated carbocycles. The molecule has 2 aromatic carbocycles. The van der Waals surface area contributed by atoms with Crippen LogP contribution in [0.15, 0.2) is 59.5 Å². The van der Waals surface area contributed by atoms with E-state index in [9.17, 15) is 9.59 Å². The predicted octanol–water partition coefficient (Wildman–Crippen LogP) is 2.63. The summed E-state index contributed by atoms with van der Waals surface area (Å²) in [6, 6.07) is 13.8. The van der Waals surface area contributed by atoms with Crippen molar-refractivity contribution in [3.05, 3.63) is 82.2 Å². The zero-order valence-electron chi connectivity index (χ0n) is 19.2. The molecule has 1 atom stereocenters. The minimum absolute atomic E-state index is 0.00285. The lowest BCUT2D eigenvalue weighted by Gasteiger charge is -2.22. The van der Waals surface area contributed by atoms with Crippen LogP contribution in [0.5, 0.6) is 11.5 Å². The van der Waals surface area contributed by atoms with Gasteiger partial charge in [-0.2, -0.15) is 5.10 Å². The molecule has 5 rings (SSSR count). The van der Waals surface area contributed by atoms with Gasteiger partial charge in [0.15, 0.2) is 23.0 Å². The summed E-state index contributed by atoms with van der Waals surface area (Å²) in [4.78, 5) is 30.5. The van der Waals surface area contributed by atoms with Crippen LogP contribution in [0.3, 0.4) is 0 Å². The number of carbonyl (C=O) groups excluding carboxylic acids is 1. The summed E-state index contributed by atoms with van der Waals surface area (Å²) < 4.78 is 27.2. The van der Waals surface area contributed by atoms with Gasteiger partial charge in [0.2, 0.25) is 0 Å². The number of likely N-dealkylation sites (N-methyl/N-ethyl adjacent to an activating group) is 1. The zero-order valence-corrected chi connectivity index (χ0v) is 19.2. The summed E-state index contributed by atoms with van der Waals surface area (Å²) in [6.45, 7) is 1.15. The third-order valence-corrected chi connectivity index (χ3v) is 5.69. The standard InChI is InChI=1S/C25H24FN5O4/c1-30(2)13-18(15-6-4-3-5-7-15)27-24(32)17-12-20-25(33)28-19(14-31(20)29-17)16-8-9-21-23(22(16)26)35-11-10-34-21/h3-9,12,14,18H,10-11,13H2,1-2H3,(H,27,32)(H,28,33). The molecule has 1 aliphatic rings. The van der Waals surface area contributed by atoms with Crippen LogP contribution in [0.2, 0.25) is 0 Å². The molecule has 0 spiro atoms. The van der Waals surface area contributed by atoms with Crippen molar-refractivity contribution in [2.45, 2.75) is 6.04 Å². The Bertz CT molecular complexity index is 1450. The van der Waals surface area contributed by atoms with Crippen LogP contribution in [-0.4, -0.2) is 59.3 Å². The van der Waals surface area contributed by atoms with Gasteiger partial charge in [-0.15, -0.1) is 0 Å². The number of amides is 1. The van der Waals surface area contributed by atoms with Gasteiger partial charge in [-0.3, -0.25) is 9.59 Å². The van der Waals surface area contributed by atoms with Crippen molar-refractivity contribution in [1.82, 2.24) is 24.8 Å². The van der Waals surface area contributed by atoms with Gasteiger partial charge in [0.25, 0.3) is 11.5 Å². The van der Waals surface area contributed by atoms with E-state index in [-0.39, 0.29) is 40.9 Å². The maximum atomic E-state index is 15.1. The first-order chi connectivity index (χ1) is 16.9. The topological polar surface area (TPSA) is 101 Å². The number of rotatable bonds is 6. The van der Waals surface area contributed by atoms with Gasteiger partial charge in [0.05, 0.1) is 17.9 Å². The van der Waals surface area contributed by atoms with E-state index < -0.39 is 17.3 Å². The average molecular weight is 477 g/mol. The van der Waals surface area contributed by atoms with Crippen molar-refractivity contribution >= 4 is 11.4 Å². The SMILES string of the molecule is CN(C)CC(NC(=O)c1cc2c(=O)[nH]c(-c3ccc4c(c3F)OCCO4)cn2n1)c1ccccc1. The minimum Gasteiger partial charge on any atom is -0.486 e. The summed E-state index contributed by atoms with van der Waals surface area (Å²) in [7, 11) is 3.84. The molecule has 3 heterocycles. The Morgan fingerprint density at radius 3 is 2.74 bits per heavy atom. The molecule has 2 N–H and O–H groups in total. The molecule has 1 unspecified atom stereocenters. The van der Waals surface area contributed by atoms with Crippen molar-refractivity contribution in [2.75, 3.05) is 33.9 Å². The number of aromatic amines is 1. The molecule has 10 heteroatoms. The van der Waals surface area contributed by atoms with Crippen LogP contribution in [0.4, 0.5) is 4.39 Å². The van der Waals surface area contributed by atoms with E-state index in [4.69, 9.17) is 9.47 Å². The van der Waals surface area contributed by atoms with Gasteiger partial charge in [0.1, 0.15) is 18.7 Å². The minimum atomic E-state index is -0.642. The number of aromatic nitrogens is 3. The van der Waals surface area contributed by atoms with E-state index in [1.165, 1.54) is 22.8 Å². The number of nitrogens with zero attached hydrogens (tertiary/aromatic N) is 3. The third-order valence-electron chi connectivity index (χ3n) is 5.69. The van der Waals surface area contributed by atoms with Crippen molar-refractivity contribution in [3.8, 4) is 22.8 Å². The fourth-order valence-electron chi connectivity index (χ4n) is 4.06. The van der Waals surface area contributed by atoms with Gasteiger partial charge in [-0.1, -0.05) is 30.3 Å². The molecule has 0 bridgehead atoms. The molecule has 9 nitrogen and oxygen atoms in total. The number of H-pyrrole nitrogens is 1. The van der Waals surface area contributed by atoms with E-state index in [0.29, 0.717) is 18.9 Å². The summed E-state index contributed by atoms with van der Waals surface area (Å²) >= 11 is 0. The Balaban J connectivity index is 1.47.